The summed E-state index contributed by atoms with van der Waals surface area (Å²) in [6.45, 7) is 1.46. The van der Waals surface area contributed by atoms with Gasteiger partial charge >= 0.3 is 5.97 Å². The van der Waals surface area contributed by atoms with Crippen LogP contribution in [0.15, 0.2) is 30.3 Å². The maximum Gasteiger partial charge on any atom is 0.322 e. The highest BCUT2D eigenvalue weighted by Crippen LogP contribution is 2.21. The van der Waals surface area contributed by atoms with Crippen molar-refractivity contribution in [2.75, 3.05) is 20.3 Å². The van der Waals surface area contributed by atoms with Crippen LogP contribution < -0.4 is 5.73 Å². The van der Waals surface area contributed by atoms with E-state index in [1.807, 2.05) is 12.1 Å². The van der Waals surface area contributed by atoms with Crippen molar-refractivity contribution in [3.05, 3.63) is 41.5 Å². The molecule has 0 fully saturated rings. The molecule has 1 heterocycles. The van der Waals surface area contributed by atoms with Crippen LogP contribution in [-0.2, 0) is 20.7 Å². The van der Waals surface area contributed by atoms with Gasteiger partial charge in [0.15, 0.2) is 0 Å². The molecule has 1 aromatic rings. The molecule has 1 unspecified atom stereocenters. The second-order valence-corrected chi connectivity index (χ2v) is 4.58. The van der Waals surface area contributed by atoms with Crippen LogP contribution in [0.25, 0.3) is 5.57 Å². The summed E-state index contributed by atoms with van der Waals surface area (Å²) >= 11 is 0. The Labute approximate surface area is 113 Å². The molecule has 4 nitrogen and oxygen atoms in total. The molecule has 2 rings (SSSR count). The van der Waals surface area contributed by atoms with E-state index in [1.165, 1.54) is 18.2 Å². The van der Waals surface area contributed by atoms with E-state index in [4.69, 9.17) is 10.5 Å². The Morgan fingerprint density at radius 2 is 2.16 bits per heavy atom. The van der Waals surface area contributed by atoms with E-state index in [0.29, 0.717) is 13.0 Å². The van der Waals surface area contributed by atoms with Crippen LogP contribution in [0.4, 0.5) is 0 Å². The first kappa shape index (κ1) is 13.8. The average Bonchev–Trinajstić information content (AvgIpc) is 2.48. The molecule has 0 saturated heterocycles. The molecule has 1 atom stereocenters. The Morgan fingerprint density at radius 3 is 2.74 bits per heavy atom. The van der Waals surface area contributed by atoms with Crippen molar-refractivity contribution >= 4 is 11.5 Å². The van der Waals surface area contributed by atoms with Gasteiger partial charge in [-0.1, -0.05) is 30.3 Å². The summed E-state index contributed by atoms with van der Waals surface area (Å²) in [6.07, 6.45) is 3.55. The Balaban J connectivity index is 2.02. The molecule has 0 bridgehead atoms. The van der Waals surface area contributed by atoms with Crippen molar-refractivity contribution < 1.29 is 14.3 Å². The zero-order chi connectivity index (χ0) is 13.7. The number of ether oxygens (including phenoxy) is 2. The molecule has 2 N–H and O–H groups in total. The average molecular weight is 261 g/mol. The van der Waals surface area contributed by atoms with E-state index >= 15 is 0 Å². The molecular weight excluding hydrogens is 242 g/mol. The molecule has 0 aliphatic carbocycles. The van der Waals surface area contributed by atoms with E-state index in [0.717, 1.165) is 18.6 Å². The first-order chi connectivity index (χ1) is 9.20. The van der Waals surface area contributed by atoms with Gasteiger partial charge in [0, 0.05) is 0 Å². The Morgan fingerprint density at radius 1 is 1.42 bits per heavy atom. The lowest BCUT2D eigenvalue weighted by atomic mass is 9.98. The van der Waals surface area contributed by atoms with Crippen LogP contribution in [-0.4, -0.2) is 32.3 Å². The number of benzene rings is 1. The Hall–Kier alpha value is -1.65. The monoisotopic (exact) mass is 261 g/mol. The highest BCUT2D eigenvalue weighted by atomic mass is 16.5. The van der Waals surface area contributed by atoms with Crippen molar-refractivity contribution in [1.82, 2.24) is 0 Å². The summed E-state index contributed by atoms with van der Waals surface area (Å²) in [5.74, 6) is -0.379. The molecule has 19 heavy (non-hydrogen) atoms. The smallest absolute Gasteiger partial charge is 0.322 e. The fourth-order valence-corrected chi connectivity index (χ4v) is 2.13. The molecule has 102 valence electrons. The van der Waals surface area contributed by atoms with Gasteiger partial charge in [-0.2, -0.15) is 0 Å². The molecule has 0 saturated carbocycles. The predicted molar refractivity (Wildman–Crippen MR) is 73.6 cm³/mol. The van der Waals surface area contributed by atoms with Crippen LogP contribution in [0.1, 0.15) is 17.5 Å². The Bertz CT molecular complexity index is 465. The number of rotatable bonds is 4. The third-order valence-electron chi connectivity index (χ3n) is 3.25. The first-order valence-electron chi connectivity index (χ1n) is 6.40. The zero-order valence-electron chi connectivity index (χ0n) is 11.1. The first-order valence-corrected chi connectivity index (χ1v) is 6.40. The van der Waals surface area contributed by atoms with Crippen LogP contribution in [0.2, 0.25) is 0 Å². The second-order valence-electron chi connectivity index (χ2n) is 4.58. The SMILES string of the molecule is COC(=O)C(N)Cc1ccc(C2=CCOCC2)cc1. The Kier molecular flexibility index (Phi) is 4.71. The number of hydrogen-bond acceptors (Lipinski definition) is 4. The fraction of sp³-hybridized carbons (Fsp3) is 0.400. The van der Waals surface area contributed by atoms with Gasteiger partial charge in [0.1, 0.15) is 6.04 Å². The molecule has 1 aromatic carbocycles. The van der Waals surface area contributed by atoms with Crippen molar-refractivity contribution in [1.29, 1.82) is 0 Å². The number of nitrogens with two attached hydrogens (primary N) is 1. The summed E-state index contributed by atoms with van der Waals surface area (Å²) in [5, 5.41) is 0. The summed E-state index contributed by atoms with van der Waals surface area (Å²) in [4.78, 5) is 11.3. The molecule has 0 aromatic heterocycles. The quantitative estimate of drug-likeness (QED) is 0.835. The predicted octanol–water partition coefficient (Wildman–Crippen LogP) is 1.53. The summed E-state index contributed by atoms with van der Waals surface area (Å²) in [6, 6.07) is 7.55. The van der Waals surface area contributed by atoms with Crippen LogP contribution in [0.5, 0.6) is 0 Å². The van der Waals surface area contributed by atoms with Gasteiger partial charge in [0.2, 0.25) is 0 Å². The van der Waals surface area contributed by atoms with Crippen molar-refractivity contribution in [2.45, 2.75) is 18.9 Å². The van der Waals surface area contributed by atoms with E-state index in [-0.39, 0.29) is 5.97 Å². The number of methoxy groups -OCH3 is 1. The van der Waals surface area contributed by atoms with E-state index in [2.05, 4.69) is 22.9 Å². The molecule has 4 heteroatoms. The minimum absolute atomic E-state index is 0.379. The fourth-order valence-electron chi connectivity index (χ4n) is 2.13. The van der Waals surface area contributed by atoms with Crippen molar-refractivity contribution in [3.63, 3.8) is 0 Å². The number of carbonyl (C=O) groups is 1. The lowest BCUT2D eigenvalue weighted by Gasteiger charge is -2.14. The van der Waals surface area contributed by atoms with Gasteiger partial charge < -0.3 is 15.2 Å². The van der Waals surface area contributed by atoms with E-state index < -0.39 is 6.04 Å². The highest BCUT2D eigenvalue weighted by Gasteiger charge is 2.14. The minimum Gasteiger partial charge on any atom is -0.468 e. The number of esters is 1. The van der Waals surface area contributed by atoms with Crippen molar-refractivity contribution in [2.24, 2.45) is 5.73 Å². The lowest BCUT2D eigenvalue weighted by Crippen LogP contribution is -2.33. The van der Waals surface area contributed by atoms with Crippen LogP contribution in [0.3, 0.4) is 0 Å². The standard InChI is InChI=1S/C15H19NO3/c1-18-15(17)14(16)10-11-2-4-12(5-3-11)13-6-8-19-9-7-13/h2-6,14H,7-10,16H2,1H3. The number of hydrogen-bond donors (Lipinski definition) is 1. The number of carbonyl (C=O) groups excluding carboxylic acids is 1. The van der Waals surface area contributed by atoms with Gasteiger partial charge in [-0.25, -0.2) is 0 Å². The second kappa shape index (κ2) is 6.50. The normalized spacial score (nSPS) is 16.6. The maximum atomic E-state index is 11.3. The molecule has 0 amide bonds. The van der Waals surface area contributed by atoms with Crippen molar-refractivity contribution in [3.8, 4) is 0 Å². The third-order valence-corrected chi connectivity index (χ3v) is 3.25. The molecule has 1 aliphatic rings. The third kappa shape index (κ3) is 3.66. The van der Waals surface area contributed by atoms with Crippen LogP contribution in [0, 0.1) is 0 Å². The van der Waals surface area contributed by atoms with E-state index in [1.54, 1.807) is 0 Å². The highest BCUT2D eigenvalue weighted by molar-refractivity contribution is 5.75. The molecule has 1 aliphatic heterocycles. The topological polar surface area (TPSA) is 61.5 Å². The molecular formula is C15H19NO3. The zero-order valence-corrected chi connectivity index (χ0v) is 11.1. The molecule has 0 spiro atoms. The van der Waals surface area contributed by atoms with E-state index in [9.17, 15) is 4.79 Å². The van der Waals surface area contributed by atoms with Gasteiger partial charge in [0.05, 0.1) is 20.3 Å². The largest absolute Gasteiger partial charge is 0.468 e. The lowest BCUT2D eigenvalue weighted by molar-refractivity contribution is -0.142. The maximum absolute atomic E-state index is 11.3. The summed E-state index contributed by atoms with van der Waals surface area (Å²) in [5.41, 5.74) is 9.30. The van der Waals surface area contributed by atoms with Gasteiger partial charge in [-0.05, 0) is 29.5 Å². The van der Waals surface area contributed by atoms with Gasteiger partial charge in [-0.3, -0.25) is 4.79 Å². The summed E-state index contributed by atoms with van der Waals surface area (Å²) < 4.78 is 9.91. The van der Waals surface area contributed by atoms with Crippen LogP contribution >= 0.6 is 0 Å². The van der Waals surface area contributed by atoms with Gasteiger partial charge in [0.25, 0.3) is 0 Å². The summed E-state index contributed by atoms with van der Waals surface area (Å²) in [7, 11) is 1.35. The molecule has 0 radical (unpaired) electrons. The minimum atomic E-state index is -0.599. The van der Waals surface area contributed by atoms with Gasteiger partial charge in [-0.15, -0.1) is 0 Å².